The van der Waals surface area contributed by atoms with Gasteiger partial charge in [0.15, 0.2) is 0 Å². The molecule has 1 aliphatic rings. The number of sulfonamides is 1. The standard InChI is InChI=1S/C14H16FN3O3S/c1-10-8-16-14(17-10)12-9-21-7-6-18(12)22(19,20)13-5-3-2-4-11(13)15/h2-5,8,12H,6-7,9H2,1H3,(H,16,17). The molecule has 0 radical (unpaired) electrons. The van der Waals surface area contributed by atoms with Crippen molar-refractivity contribution in [1.29, 1.82) is 0 Å². The van der Waals surface area contributed by atoms with Crippen LogP contribution in [0.2, 0.25) is 0 Å². The Bertz CT molecular complexity index is 775. The maximum atomic E-state index is 13.9. The van der Waals surface area contributed by atoms with Crippen molar-refractivity contribution in [3.8, 4) is 0 Å². The van der Waals surface area contributed by atoms with Gasteiger partial charge in [-0.3, -0.25) is 0 Å². The largest absolute Gasteiger partial charge is 0.378 e. The Morgan fingerprint density at radius 1 is 1.41 bits per heavy atom. The first-order chi connectivity index (χ1) is 10.5. The molecule has 1 unspecified atom stereocenters. The van der Waals surface area contributed by atoms with Crippen LogP contribution in [0.15, 0.2) is 35.4 Å². The van der Waals surface area contributed by atoms with Gasteiger partial charge in [-0.2, -0.15) is 4.31 Å². The summed E-state index contributed by atoms with van der Waals surface area (Å²) < 4.78 is 46.1. The Balaban J connectivity index is 2.02. The maximum absolute atomic E-state index is 13.9. The van der Waals surface area contributed by atoms with Crippen LogP contribution in [0.25, 0.3) is 0 Å². The van der Waals surface area contributed by atoms with E-state index in [0.717, 1.165) is 11.8 Å². The predicted molar refractivity (Wildman–Crippen MR) is 77.2 cm³/mol. The van der Waals surface area contributed by atoms with Crippen molar-refractivity contribution in [3.63, 3.8) is 0 Å². The molecule has 1 N–H and O–H groups in total. The van der Waals surface area contributed by atoms with Crippen LogP contribution in [-0.4, -0.2) is 42.4 Å². The molecule has 6 nitrogen and oxygen atoms in total. The molecule has 118 valence electrons. The Morgan fingerprint density at radius 2 is 2.18 bits per heavy atom. The van der Waals surface area contributed by atoms with Crippen molar-refractivity contribution in [3.05, 3.63) is 47.8 Å². The van der Waals surface area contributed by atoms with E-state index in [1.54, 1.807) is 6.20 Å². The summed E-state index contributed by atoms with van der Waals surface area (Å²) in [6.07, 6.45) is 1.62. The summed E-state index contributed by atoms with van der Waals surface area (Å²) in [5.41, 5.74) is 0.823. The molecule has 1 saturated heterocycles. The number of ether oxygens (including phenoxy) is 1. The fourth-order valence-corrected chi connectivity index (χ4v) is 4.10. The number of hydrogen-bond acceptors (Lipinski definition) is 4. The molecule has 0 bridgehead atoms. The number of morpholine rings is 1. The van der Waals surface area contributed by atoms with Crippen molar-refractivity contribution in [2.75, 3.05) is 19.8 Å². The predicted octanol–water partition coefficient (Wildman–Crippen LogP) is 1.62. The highest BCUT2D eigenvalue weighted by Crippen LogP contribution is 2.29. The average Bonchev–Trinajstić information content (AvgIpc) is 2.94. The summed E-state index contributed by atoms with van der Waals surface area (Å²) in [6, 6.07) is 4.78. The molecular weight excluding hydrogens is 309 g/mol. The van der Waals surface area contributed by atoms with E-state index in [1.165, 1.54) is 22.5 Å². The van der Waals surface area contributed by atoms with E-state index in [9.17, 15) is 12.8 Å². The van der Waals surface area contributed by atoms with Gasteiger partial charge >= 0.3 is 0 Å². The van der Waals surface area contributed by atoms with Crippen LogP contribution >= 0.6 is 0 Å². The van der Waals surface area contributed by atoms with Crippen LogP contribution < -0.4 is 0 Å². The monoisotopic (exact) mass is 325 g/mol. The van der Waals surface area contributed by atoms with Crippen molar-refractivity contribution in [2.24, 2.45) is 0 Å². The molecular formula is C14H16FN3O3S. The molecule has 2 heterocycles. The van der Waals surface area contributed by atoms with Crippen molar-refractivity contribution in [1.82, 2.24) is 14.3 Å². The van der Waals surface area contributed by atoms with Gasteiger partial charge in [-0.25, -0.2) is 17.8 Å². The van der Waals surface area contributed by atoms with Crippen LogP contribution in [0.1, 0.15) is 17.6 Å². The van der Waals surface area contributed by atoms with Gasteiger partial charge in [-0.15, -0.1) is 0 Å². The molecule has 1 aromatic carbocycles. The third kappa shape index (κ3) is 2.65. The zero-order valence-electron chi connectivity index (χ0n) is 12.0. The number of rotatable bonds is 3. The van der Waals surface area contributed by atoms with Gasteiger partial charge in [0, 0.05) is 18.4 Å². The summed E-state index contributed by atoms with van der Waals surface area (Å²) >= 11 is 0. The van der Waals surface area contributed by atoms with Gasteiger partial charge < -0.3 is 9.72 Å². The van der Waals surface area contributed by atoms with Crippen LogP contribution in [0.5, 0.6) is 0 Å². The second kappa shape index (κ2) is 5.79. The number of hydrogen-bond donors (Lipinski definition) is 1. The lowest BCUT2D eigenvalue weighted by molar-refractivity contribution is 0.0291. The number of halogens is 1. The third-order valence-electron chi connectivity index (χ3n) is 3.54. The Kier molecular flexibility index (Phi) is 3.98. The summed E-state index contributed by atoms with van der Waals surface area (Å²) in [7, 11) is -3.96. The smallest absolute Gasteiger partial charge is 0.246 e. The van der Waals surface area contributed by atoms with Crippen molar-refractivity contribution in [2.45, 2.75) is 17.9 Å². The zero-order valence-corrected chi connectivity index (χ0v) is 12.8. The Hall–Kier alpha value is -1.77. The molecule has 0 amide bonds. The third-order valence-corrected chi connectivity index (χ3v) is 5.48. The molecule has 8 heteroatoms. The van der Waals surface area contributed by atoms with Gasteiger partial charge in [0.2, 0.25) is 10.0 Å². The van der Waals surface area contributed by atoms with Crippen LogP contribution in [0.4, 0.5) is 4.39 Å². The van der Waals surface area contributed by atoms with Gasteiger partial charge in [-0.05, 0) is 19.1 Å². The summed E-state index contributed by atoms with van der Waals surface area (Å²) in [6.45, 7) is 2.43. The number of aryl methyl sites for hydroxylation is 1. The second-order valence-electron chi connectivity index (χ2n) is 5.09. The van der Waals surface area contributed by atoms with E-state index in [-0.39, 0.29) is 24.7 Å². The quantitative estimate of drug-likeness (QED) is 0.930. The second-order valence-corrected chi connectivity index (χ2v) is 6.95. The molecule has 0 spiro atoms. The zero-order chi connectivity index (χ0) is 15.7. The molecule has 2 aromatic rings. The highest BCUT2D eigenvalue weighted by Gasteiger charge is 2.37. The number of imidazole rings is 1. The van der Waals surface area contributed by atoms with Gasteiger partial charge in [0.25, 0.3) is 0 Å². The van der Waals surface area contributed by atoms with Crippen LogP contribution in [-0.2, 0) is 14.8 Å². The Morgan fingerprint density at radius 3 is 2.86 bits per heavy atom. The van der Waals surface area contributed by atoms with E-state index in [4.69, 9.17) is 4.74 Å². The normalized spacial score (nSPS) is 20.2. The number of aromatic amines is 1. The first-order valence-electron chi connectivity index (χ1n) is 6.86. The topological polar surface area (TPSA) is 75.3 Å². The maximum Gasteiger partial charge on any atom is 0.246 e. The fourth-order valence-electron chi connectivity index (χ4n) is 2.47. The first-order valence-corrected chi connectivity index (χ1v) is 8.30. The molecule has 0 aliphatic carbocycles. The number of nitrogens with zero attached hydrogens (tertiary/aromatic N) is 2. The van der Waals surface area contributed by atoms with Crippen LogP contribution in [0, 0.1) is 12.7 Å². The summed E-state index contributed by atoms with van der Waals surface area (Å²) in [5.74, 6) is -0.263. The molecule has 1 aliphatic heterocycles. The minimum atomic E-state index is -3.96. The van der Waals surface area contributed by atoms with E-state index < -0.39 is 21.9 Å². The van der Waals surface area contributed by atoms with Gasteiger partial charge in [0.05, 0.1) is 13.2 Å². The lowest BCUT2D eigenvalue weighted by Gasteiger charge is -2.33. The van der Waals surface area contributed by atoms with Crippen molar-refractivity contribution >= 4 is 10.0 Å². The fraction of sp³-hybridized carbons (Fsp3) is 0.357. The summed E-state index contributed by atoms with van der Waals surface area (Å²) in [4.78, 5) is 6.88. The molecule has 3 rings (SSSR count). The minimum Gasteiger partial charge on any atom is -0.378 e. The highest BCUT2D eigenvalue weighted by atomic mass is 32.2. The van der Waals surface area contributed by atoms with E-state index in [1.807, 2.05) is 6.92 Å². The number of benzene rings is 1. The molecule has 0 saturated carbocycles. The van der Waals surface area contributed by atoms with E-state index in [2.05, 4.69) is 9.97 Å². The SMILES string of the molecule is Cc1cnc(C2COCCN2S(=O)(=O)c2ccccc2F)[nH]1. The molecule has 1 aromatic heterocycles. The van der Waals surface area contributed by atoms with Crippen LogP contribution in [0.3, 0.4) is 0 Å². The summed E-state index contributed by atoms with van der Waals surface area (Å²) in [5, 5.41) is 0. The first kappa shape index (κ1) is 15.1. The lowest BCUT2D eigenvalue weighted by Crippen LogP contribution is -2.44. The highest BCUT2D eigenvalue weighted by molar-refractivity contribution is 7.89. The average molecular weight is 325 g/mol. The Labute approximate surface area is 128 Å². The molecule has 22 heavy (non-hydrogen) atoms. The minimum absolute atomic E-state index is 0.154. The number of H-pyrrole nitrogens is 1. The van der Waals surface area contributed by atoms with Crippen molar-refractivity contribution < 1.29 is 17.5 Å². The van der Waals surface area contributed by atoms with Gasteiger partial charge in [-0.1, -0.05) is 12.1 Å². The molecule has 1 atom stereocenters. The van der Waals surface area contributed by atoms with Gasteiger partial charge in [0.1, 0.15) is 22.6 Å². The number of nitrogens with one attached hydrogen (secondary N) is 1. The lowest BCUT2D eigenvalue weighted by atomic mass is 10.2. The molecule has 1 fully saturated rings. The van der Waals surface area contributed by atoms with E-state index in [0.29, 0.717) is 5.82 Å². The number of aromatic nitrogens is 2. The van der Waals surface area contributed by atoms with E-state index >= 15 is 0 Å².